The van der Waals surface area contributed by atoms with Crippen molar-refractivity contribution in [1.82, 2.24) is 9.88 Å². The number of methoxy groups -OCH3 is 1. The fraction of sp³-hybridized carbons (Fsp3) is 0.448. The van der Waals surface area contributed by atoms with Crippen LogP contribution in [-0.2, 0) is 11.2 Å². The first-order valence-corrected chi connectivity index (χ1v) is 13.2. The Morgan fingerprint density at radius 1 is 1.19 bits per heavy atom. The van der Waals surface area contributed by atoms with E-state index in [0.29, 0.717) is 48.1 Å². The van der Waals surface area contributed by atoms with E-state index >= 15 is 4.39 Å². The quantitative estimate of drug-likeness (QED) is 0.270. The van der Waals surface area contributed by atoms with E-state index in [4.69, 9.17) is 16.3 Å². The number of ether oxygens (including phenoxy) is 1. The van der Waals surface area contributed by atoms with Gasteiger partial charge in [-0.1, -0.05) is 23.7 Å². The molecule has 198 valence electrons. The first-order valence-electron chi connectivity index (χ1n) is 12.8. The van der Waals surface area contributed by atoms with Crippen LogP contribution in [0.3, 0.4) is 0 Å². The number of rotatable bonds is 11. The molecule has 1 atom stereocenters. The van der Waals surface area contributed by atoms with Crippen molar-refractivity contribution in [3.63, 3.8) is 0 Å². The number of unbranched alkanes of at least 4 members (excludes halogenated alkanes) is 1. The fourth-order valence-electron chi connectivity index (χ4n) is 5.25. The third-order valence-corrected chi connectivity index (χ3v) is 7.93. The van der Waals surface area contributed by atoms with Crippen molar-refractivity contribution < 1.29 is 23.4 Å². The van der Waals surface area contributed by atoms with Gasteiger partial charge in [0.05, 0.1) is 23.1 Å². The first kappa shape index (κ1) is 27.3. The Hall–Kier alpha value is -2.77. The molecule has 0 aliphatic carbocycles. The van der Waals surface area contributed by atoms with Crippen molar-refractivity contribution in [2.45, 2.75) is 51.1 Å². The summed E-state index contributed by atoms with van der Waals surface area (Å²) in [5, 5.41) is 10.9. The van der Waals surface area contributed by atoms with Crippen LogP contribution in [0, 0.1) is 11.2 Å². The summed E-state index contributed by atoms with van der Waals surface area (Å²) in [7, 11) is 1.54. The van der Waals surface area contributed by atoms with Crippen LogP contribution in [0.25, 0.3) is 10.9 Å². The number of aryl methyl sites for hydroxylation is 1. The lowest BCUT2D eigenvalue weighted by atomic mass is 9.74. The van der Waals surface area contributed by atoms with Crippen LogP contribution in [0.4, 0.5) is 8.78 Å². The molecule has 1 aromatic heterocycles. The van der Waals surface area contributed by atoms with Gasteiger partial charge in [-0.2, -0.15) is 0 Å². The number of piperidine rings is 1. The Labute approximate surface area is 221 Å². The summed E-state index contributed by atoms with van der Waals surface area (Å²) in [6.07, 6.45) is 4.19. The van der Waals surface area contributed by atoms with Gasteiger partial charge in [-0.3, -0.25) is 9.78 Å². The number of alkyl halides is 1. The zero-order valence-corrected chi connectivity index (χ0v) is 21.8. The highest BCUT2D eigenvalue weighted by atomic mass is 35.5. The molecule has 0 radical (unpaired) electrons. The van der Waals surface area contributed by atoms with E-state index in [1.165, 1.54) is 18.3 Å². The van der Waals surface area contributed by atoms with Gasteiger partial charge < -0.3 is 14.7 Å². The third-order valence-electron chi connectivity index (χ3n) is 7.63. The molecule has 37 heavy (non-hydrogen) atoms. The van der Waals surface area contributed by atoms with Crippen LogP contribution in [0.2, 0.25) is 5.02 Å². The van der Waals surface area contributed by atoms with Crippen LogP contribution >= 0.6 is 11.6 Å². The summed E-state index contributed by atoms with van der Waals surface area (Å²) in [5.41, 5.74) is 1.13. The highest BCUT2D eigenvalue weighted by molar-refractivity contribution is 6.32. The number of hydrogen-bond donors (Lipinski definition) is 1. The molecular formula is C29H33ClF2N2O3. The molecule has 2 aromatic carbocycles. The van der Waals surface area contributed by atoms with E-state index in [1.807, 2.05) is 12.1 Å². The standard InChI is InChI=1S/C29H33ClF2N2O3/c1-37-22-9-10-26-23(18-22)27(24(30)19-33-26)25(32)11-12-29(28(35)36)13-16-34(17-14-29)15-3-2-4-20-5-7-21(31)8-6-20/h5-10,18-19,25H,2-4,11-17H2,1H3,(H,35,36)/t25-/m0/s1. The Bertz CT molecular complexity index is 1210. The molecule has 4 rings (SSSR count). The number of pyridine rings is 1. The highest BCUT2D eigenvalue weighted by Crippen LogP contribution is 2.42. The largest absolute Gasteiger partial charge is 0.497 e. The van der Waals surface area contributed by atoms with Crippen LogP contribution in [-0.4, -0.2) is 47.7 Å². The van der Waals surface area contributed by atoms with Gasteiger partial charge in [-0.05, 0) is 100 Å². The van der Waals surface area contributed by atoms with Gasteiger partial charge in [-0.25, -0.2) is 8.78 Å². The molecule has 0 amide bonds. The summed E-state index contributed by atoms with van der Waals surface area (Å²) in [6, 6.07) is 11.8. The molecule has 3 aromatic rings. The fourth-order valence-corrected chi connectivity index (χ4v) is 5.52. The van der Waals surface area contributed by atoms with E-state index in [0.717, 1.165) is 31.4 Å². The Morgan fingerprint density at radius 3 is 2.59 bits per heavy atom. The number of benzene rings is 2. The molecule has 1 aliphatic heterocycles. The van der Waals surface area contributed by atoms with Gasteiger partial charge in [-0.15, -0.1) is 0 Å². The normalized spacial score (nSPS) is 16.5. The summed E-state index contributed by atoms with van der Waals surface area (Å²) in [4.78, 5) is 18.9. The second-order valence-corrected chi connectivity index (χ2v) is 10.3. The lowest BCUT2D eigenvalue weighted by molar-refractivity contribution is -0.153. The highest BCUT2D eigenvalue weighted by Gasteiger charge is 2.41. The number of fused-ring (bicyclic) bond motifs is 1. The molecule has 1 saturated heterocycles. The molecule has 2 heterocycles. The zero-order valence-electron chi connectivity index (χ0n) is 21.1. The van der Waals surface area contributed by atoms with Crippen molar-refractivity contribution in [1.29, 1.82) is 0 Å². The minimum absolute atomic E-state index is 0.0695. The lowest BCUT2D eigenvalue weighted by Gasteiger charge is -2.39. The maximum absolute atomic E-state index is 15.6. The molecule has 0 saturated carbocycles. The van der Waals surface area contributed by atoms with Crippen molar-refractivity contribution in [3.05, 3.63) is 70.6 Å². The van der Waals surface area contributed by atoms with Crippen molar-refractivity contribution in [2.75, 3.05) is 26.7 Å². The van der Waals surface area contributed by atoms with Gasteiger partial charge in [0.25, 0.3) is 0 Å². The van der Waals surface area contributed by atoms with Gasteiger partial charge in [0.1, 0.15) is 17.7 Å². The summed E-state index contributed by atoms with van der Waals surface area (Å²) < 4.78 is 33.9. The monoisotopic (exact) mass is 530 g/mol. The molecule has 1 N–H and O–H groups in total. The molecule has 0 spiro atoms. The number of halogens is 3. The van der Waals surface area contributed by atoms with Gasteiger partial charge in [0.15, 0.2) is 0 Å². The number of nitrogens with zero attached hydrogens (tertiary/aromatic N) is 2. The van der Waals surface area contributed by atoms with E-state index < -0.39 is 17.6 Å². The number of aliphatic carboxylic acids is 1. The number of carboxylic acids is 1. The van der Waals surface area contributed by atoms with Crippen LogP contribution in [0.15, 0.2) is 48.7 Å². The molecule has 8 heteroatoms. The first-order chi connectivity index (χ1) is 17.8. The number of carboxylic acid groups (broad SMARTS) is 1. The van der Waals surface area contributed by atoms with Crippen LogP contribution < -0.4 is 4.74 Å². The van der Waals surface area contributed by atoms with Gasteiger partial charge >= 0.3 is 5.97 Å². The predicted octanol–water partition coefficient (Wildman–Crippen LogP) is 7.02. The average molecular weight is 531 g/mol. The Kier molecular flexibility index (Phi) is 8.98. The van der Waals surface area contributed by atoms with Gasteiger partial charge in [0.2, 0.25) is 0 Å². The second-order valence-electron chi connectivity index (χ2n) is 9.92. The number of likely N-dealkylation sites (tertiary alicyclic amines) is 1. The molecule has 0 bridgehead atoms. The SMILES string of the molecule is COc1ccc2ncc(Cl)c([C@@H](F)CCC3(C(=O)O)CCN(CCCCc4ccc(F)cc4)CC3)c2c1. The molecule has 1 fully saturated rings. The Balaban J connectivity index is 1.32. The molecule has 5 nitrogen and oxygen atoms in total. The molecule has 0 unspecified atom stereocenters. The van der Waals surface area contributed by atoms with E-state index in [-0.39, 0.29) is 23.7 Å². The molecular weight excluding hydrogens is 498 g/mol. The topological polar surface area (TPSA) is 62.7 Å². The maximum atomic E-state index is 15.6. The second kappa shape index (κ2) is 12.2. The minimum atomic E-state index is -1.41. The van der Waals surface area contributed by atoms with Crippen LogP contribution in [0.5, 0.6) is 5.75 Å². The number of hydrogen-bond acceptors (Lipinski definition) is 4. The third kappa shape index (κ3) is 6.57. The van der Waals surface area contributed by atoms with E-state index in [2.05, 4.69) is 9.88 Å². The van der Waals surface area contributed by atoms with Crippen molar-refractivity contribution >= 4 is 28.5 Å². The summed E-state index contributed by atoms with van der Waals surface area (Å²) >= 11 is 6.35. The smallest absolute Gasteiger partial charge is 0.309 e. The zero-order chi connectivity index (χ0) is 26.4. The number of aromatic nitrogens is 1. The molecule has 1 aliphatic rings. The van der Waals surface area contributed by atoms with Crippen molar-refractivity contribution in [3.8, 4) is 5.75 Å². The Morgan fingerprint density at radius 2 is 1.92 bits per heavy atom. The summed E-state index contributed by atoms with van der Waals surface area (Å²) in [6.45, 7) is 2.25. The van der Waals surface area contributed by atoms with Crippen LogP contribution in [0.1, 0.15) is 55.8 Å². The van der Waals surface area contributed by atoms with Crippen molar-refractivity contribution in [2.24, 2.45) is 5.41 Å². The lowest BCUT2D eigenvalue weighted by Crippen LogP contribution is -2.44. The van der Waals surface area contributed by atoms with Gasteiger partial charge in [0, 0.05) is 17.1 Å². The minimum Gasteiger partial charge on any atom is -0.497 e. The number of carbonyl (C=O) groups is 1. The predicted molar refractivity (Wildman–Crippen MR) is 141 cm³/mol. The van der Waals surface area contributed by atoms with E-state index in [1.54, 1.807) is 25.3 Å². The summed E-state index contributed by atoms with van der Waals surface area (Å²) in [5.74, 6) is -0.504. The van der Waals surface area contributed by atoms with E-state index in [9.17, 15) is 14.3 Å². The maximum Gasteiger partial charge on any atom is 0.309 e. The average Bonchev–Trinajstić information content (AvgIpc) is 2.91.